The zero-order valence-corrected chi connectivity index (χ0v) is 22.1. The average molecular weight is 515 g/mol. The molecule has 2 fully saturated rings. The standard InChI is InChI=1S/C26H35ClN6O3/c1-17-18(2)24(36-13-9-32-7-11-34-12-8-32)20(14-21(17)27)19(3)31-25-23-26(29-15-28-25)33(16-30-23)22-6-4-5-10-35-22/h14-16,19,22H,4-13H2,1-3H3,(H,28,29,31). The number of anilines is 1. The van der Waals surface area contributed by atoms with Crippen LogP contribution in [0.2, 0.25) is 5.02 Å². The smallest absolute Gasteiger partial charge is 0.167 e. The molecule has 0 spiro atoms. The molecule has 0 saturated carbocycles. The van der Waals surface area contributed by atoms with Crippen LogP contribution in [0.4, 0.5) is 5.82 Å². The number of hydrogen-bond donors (Lipinski definition) is 1. The van der Waals surface area contributed by atoms with E-state index in [2.05, 4.69) is 39.0 Å². The van der Waals surface area contributed by atoms with Gasteiger partial charge in [0.1, 0.15) is 24.9 Å². The van der Waals surface area contributed by atoms with Gasteiger partial charge in [0.15, 0.2) is 17.0 Å². The Labute approximate surface area is 217 Å². The fraction of sp³-hybridized carbons (Fsp3) is 0.577. The molecule has 2 aromatic heterocycles. The fourth-order valence-corrected chi connectivity index (χ4v) is 5.14. The number of morpholine rings is 1. The molecule has 194 valence electrons. The molecule has 2 unspecified atom stereocenters. The van der Waals surface area contributed by atoms with E-state index in [1.807, 2.05) is 17.6 Å². The molecule has 5 rings (SSSR count). The summed E-state index contributed by atoms with van der Waals surface area (Å²) in [5, 5.41) is 4.26. The minimum Gasteiger partial charge on any atom is -0.492 e. The zero-order chi connectivity index (χ0) is 25.1. The number of nitrogens with zero attached hydrogens (tertiary/aromatic N) is 5. The number of fused-ring (bicyclic) bond motifs is 1. The SMILES string of the molecule is Cc1c(Cl)cc(C(C)Nc2ncnc3c2ncn3C2CCCCO2)c(OCCN2CCOCC2)c1C. The van der Waals surface area contributed by atoms with E-state index >= 15 is 0 Å². The molecule has 2 atom stereocenters. The molecule has 0 bridgehead atoms. The molecule has 0 amide bonds. The van der Waals surface area contributed by atoms with Gasteiger partial charge < -0.3 is 19.5 Å². The Kier molecular flexibility index (Phi) is 7.90. The van der Waals surface area contributed by atoms with Crippen LogP contribution in [-0.2, 0) is 9.47 Å². The van der Waals surface area contributed by atoms with Gasteiger partial charge in [0.05, 0.1) is 25.6 Å². The minimum absolute atomic E-state index is 0.0334. The molecule has 2 saturated heterocycles. The molecule has 1 N–H and O–H groups in total. The summed E-state index contributed by atoms with van der Waals surface area (Å²) < 4.78 is 19.8. The molecule has 3 aromatic rings. The summed E-state index contributed by atoms with van der Waals surface area (Å²) in [6, 6.07) is 1.88. The first kappa shape index (κ1) is 25.2. The molecule has 36 heavy (non-hydrogen) atoms. The van der Waals surface area contributed by atoms with Crippen molar-refractivity contribution in [1.29, 1.82) is 0 Å². The lowest BCUT2D eigenvalue weighted by Gasteiger charge is -2.27. The predicted molar refractivity (Wildman–Crippen MR) is 140 cm³/mol. The molecule has 2 aliphatic rings. The molecule has 4 heterocycles. The van der Waals surface area contributed by atoms with Gasteiger partial charge >= 0.3 is 0 Å². The molecule has 2 aliphatic heterocycles. The maximum atomic E-state index is 6.62. The van der Waals surface area contributed by atoms with E-state index in [1.165, 1.54) is 0 Å². The van der Waals surface area contributed by atoms with Gasteiger partial charge in [-0.25, -0.2) is 15.0 Å². The van der Waals surface area contributed by atoms with Crippen molar-refractivity contribution >= 4 is 28.6 Å². The zero-order valence-electron chi connectivity index (χ0n) is 21.3. The number of nitrogens with one attached hydrogen (secondary N) is 1. The third kappa shape index (κ3) is 5.29. The van der Waals surface area contributed by atoms with Crippen molar-refractivity contribution < 1.29 is 14.2 Å². The Morgan fingerprint density at radius 3 is 2.75 bits per heavy atom. The Morgan fingerprint density at radius 1 is 1.14 bits per heavy atom. The van der Waals surface area contributed by atoms with Gasteiger partial charge in [0, 0.05) is 36.8 Å². The highest BCUT2D eigenvalue weighted by molar-refractivity contribution is 6.31. The molecule has 1 aromatic carbocycles. The van der Waals surface area contributed by atoms with Crippen molar-refractivity contribution in [3.63, 3.8) is 0 Å². The molecule has 0 radical (unpaired) electrons. The maximum Gasteiger partial charge on any atom is 0.167 e. The number of rotatable bonds is 8. The summed E-state index contributed by atoms with van der Waals surface area (Å²) in [5.41, 5.74) is 4.58. The van der Waals surface area contributed by atoms with Crippen molar-refractivity contribution in [2.45, 2.75) is 52.3 Å². The van der Waals surface area contributed by atoms with Crippen LogP contribution in [0.1, 0.15) is 55.1 Å². The van der Waals surface area contributed by atoms with Gasteiger partial charge in [0.25, 0.3) is 0 Å². The second kappa shape index (κ2) is 11.3. The summed E-state index contributed by atoms with van der Waals surface area (Å²) in [4.78, 5) is 16.0. The van der Waals surface area contributed by atoms with E-state index in [4.69, 9.17) is 25.8 Å². The van der Waals surface area contributed by atoms with Crippen LogP contribution in [-0.4, -0.2) is 70.5 Å². The van der Waals surface area contributed by atoms with Crippen LogP contribution in [0, 0.1) is 13.8 Å². The van der Waals surface area contributed by atoms with Crippen molar-refractivity contribution in [3.8, 4) is 5.75 Å². The van der Waals surface area contributed by atoms with Crippen molar-refractivity contribution in [2.24, 2.45) is 0 Å². The first-order chi connectivity index (χ1) is 17.5. The van der Waals surface area contributed by atoms with Gasteiger partial charge in [-0.2, -0.15) is 0 Å². The number of aromatic nitrogens is 4. The third-order valence-electron chi connectivity index (χ3n) is 7.21. The Hall–Kier alpha value is -2.46. The fourth-order valence-electron chi connectivity index (χ4n) is 4.89. The maximum absolute atomic E-state index is 6.62. The number of ether oxygens (including phenoxy) is 3. The van der Waals surface area contributed by atoms with Crippen LogP contribution in [0.5, 0.6) is 5.75 Å². The van der Waals surface area contributed by atoms with Crippen molar-refractivity contribution in [1.82, 2.24) is 24.4 Å². The topological polar surface area (TPSA) is 86.6 Å². The summed E-state index contributed by atoms with van der Waals surface area (Å²) in [7, 11) is 0. The third-order valence-corrected chi connectivity index (χ3v) is 7.60. The lowest BCUT2D eigenvalue weighted by atomic mass is 9.99. The van der Waals surface area contributed by atoms with E-state index in [9.17, 15) is 0 Å². The minimum atomic E-state index is -0.116. The average Bonchev–Trinajstić information content (AvgIpc) is 3.35. The number of benzene rings is 1. The first-order valence-corrected chi connectivity index (χ1v) is 13.2. The lowest BCUT2D eigenvalue weighted by Crippen LogP contribution is -2.38. The van der Waals surface area contributed by atoms with Crippen LogP contribution in [0.15, 0.2) is 18.7 Å². The Morgan fingerprint density at radius 2 is 1.97 bits per heavy atom. The summed E-state index contributed by atoms with van der Waals surface area (Å²) in [6.07, 6.45) is 6.54. The van der Waals surface area contributed by atoms with E-state index in [0.717, 1.165) is 97.3 Å². The largest absolute Gasteiger partial charge is 0.492 e. The summed E-state index contributed by atoms with van der Waals surface area (Å²) >= 11 is 6.62. The quantitative estimate of drug-likeness (QED) is 0.463. The van der Waals surface area contributed by atoms with Crippen LogP contribution in [0.3, 0.4) is 0 Å². The van der Waals surface area contributed by atoms with E-state index < -0.39 is 0 Å². The van der Waals surface area contributed by atoms with Crippen LogP contribution < -0.4 is 10.1 Å². The highest BCUT2D eigenvalue weighted by atomic mass is 35.5. The van der Waals surface area contributed by atoms with Gasteiger partial charge in [-0.15, -0.1) is 0 Å². The van der Waals surface area contributed by atoms with Crippen LogP contribution >= 0.6 is 11.6 Å². The monoisotopic (exact) mass is 514 g/mol. The van der Waals surface area contributed by atoms with Gasteiger partial charge in [-0.05, 0) is 57.2 Å². The van der Waals surface area contributed by atoms with E-state index in [-0.39, 0.29) is 12.3 Å². The molecule has 10 heteroatoms. The number of imidazole rings is 1. The van der Waals surface area contributed by atoms with E-state index in [0.29, 0.717) is 12.4 Å². The predicted octanol–water partition coefficient (Wildman–Crippen LogP) is 4.68. The summed E-state index contributed by atoms with van der Waals surface area (Å²) in [6.45, 7) is 11.8. The van der Waals surface area contributed by atoms with E-state index in [1.54, 1.807) is 12.7 Å². The summed E-state index contributed by atoms with van der Waals surface area (Å²) in [5.74, 6) is 1.55. The Balaban J connectivity index is 1.37. The molecular formula is C26H35ClN6O3. The number of hydrogen-bond acceptors (Lipinski definition) is 8. The highest BCUT2D eigenvalue weighted by Crippen LogP contribution is 2.37. The van der Waals surface area contributed by atoms with Gasteiger partial charge in [-0.1, -0.05) is 11.6 Å². The second-order valence-electron chi connectivity index (χ2n) is 9.56. The second-order valence-corrected chi connectivity index (χ2v) is 9.97. The van der Waals surface area contributed by atoms with Crippen molar-refractivity contribution in [2.75, 3.05) is 51.4 Å². The highest BCUT2D eigenvalue weighted by Gasteiger charge is 2.23. The lowest BCUT2D eigenvalue weighted by molar-refractivity contribution is -0.0298. The van der Waals surface area contributed by atoms with Crippen LogP contribution in [0.25, 0.3) is 11.2 Å². The number of halogens is 1. The van der Waals surface area contributed by atoms with Gasteiger partial charge in [-0.3, -0.25) is 9.47 Å². The first-order valence-electron chi connectivity index (χ1n) is 12.8. The molecular weight excluding hydrogens is 480 g/mol. The molecule has 0 aliphatic carbocycles. The van der Waals surface area contributed by atoms with Crippen molar-refractivity contribution in [3.05, 3.63) is 40.4 Å². The molecule has 9 nitrogen and oxygen atoms in total. The normalized spacial score (nSPS) is 19.9. The van der Waals surface area contributed by atoms with Gasteiger partial charge in [0.2, 0.25) is 0 Å². The Bertz CT molecular complexity index is 1190.